The van der Waals surface area contributed by atoms with E-state index in [9.17, 15) is 10.1 Å². The van der Waals surface area contributed by atoms with Crippen molar-refractivity contribution in [3.8, 4) is 0 Å². The predicted octanol–water partition coefficient (Wildman–Crippen LogP) is 2.63. The van der Waals surface area contributed by atoms with E-state index >= 15 is 0 Å². The van der Waals surface area contributed by atoms with Crippen molar-refractivity contribution in [3.63, 3.8) is 0 Å². The van der Waals surface area contributed by atoms with Crippen LogP contribution in [0, 0.1) is 17.0 Å². The Labute approximate surface area is 135 Å². The Kier molecular flexibility index (Phi) is 3.05. The van der Waals surface area contributed by atoms with Crippen molar-refractivity contribution >= 4 is 33.9 Å². The minimum absolute atomic E-state index is 0.0383. The lowest BCUT2D eigenvalue weighted by molar-refractivity contribution is -0.385. The molecule has 0 saturated carbocycles. The number of nitrogens with zero attached hydrogens (tertiary/aromatic N) is 6. The van der Waals surface area contributed by atoms with Crippen molar-refractivity contribution < 1.29 is 4.92 Å². The number of benzene rings is 2. The zero-order chi connectivity index (χ0) is 16.7. The molecule has 2 heterocycles. The van der Waals surface area contributed by atoms with E-state index in [0.717, 1.165) is 5.52 Å². The number of rotatable bonds is 3. The van der Waals surface area contributed by atoms with E-state index < -0.39 is 4.92 Å². The summed E-state index contributed by atoms with van der Waals surface area (Å²) in [7, 11) is 0. The van der Waals surface area contributed by atoms with E-state index in [2.05, 4.69) is 25.8 Å². The van der Waals surface area contributed by atoms with Crippen LogP contribution in [-0.2, 0) is 0 Å². The summed E-state index contributed by atoms with van der Waals surface area (Å²) in [5, 5.41) is 25.9. The molecule has 2 aromatic carbocycles. The Hall–Kier alpha value is -3.62. The van der Waals surface area contributed by atoms with E-state index in [4.69, 9.17) is 0 Å². The number of fused-ring (bicyclic) bond motifs is 3. The average molecular weight is 321 g/mol. The summed E-state index contributed by atoms with van der Waals surface area (Å²) in [6.45, 7) is 1.68. The molecule has 0 atom stereocenters. The van der Waals surface area contributed by atoms with Crippen LogP contribution in [0.25, 0.3) is 16.7 Å². The van der Waals surface area contributed by atoms with E-state index in [1.165, 1.54) is 6.07 Å². The largest absolute Gasteiger partial charge is 0.337 e. The number of tetrazole rings is 1. The topological polar surface area (TPSA) is 111 Å². The van der Waals surface area contributed by atoms with Gasteiger partial charge >= 0.3 is 0 Å². The molecule has 0 aliphatic heterocycles. The molecule has 0 aliphatic rings. The van der Waals surface area contributed by atoms with Gasteiger partial charge in [-0.3, -0.25) is 10.1 Å². The van der Waals surface area contributed by atoms with E-state index in [0.29, 0.717) is 28.2 Å². The van der Waals surface area contributed by atoms with Gasteiger partial charge in [0.1, 0.15) is 0 Å². The second-order valence-corrected chi connectivity index (χ2v) is 5.20. The van der Waals surface area contributed by atoms with Gasteiger partial charge in [0.2, 0.25) is 5.65 Å². The molecule has 2 aromatic heterocycles. The molecule has 4 aromatic rings. The third kappa shape index (κ3) is 2.10. The van der Waals surface area contributed by atoms with Gasteiger partial charge in [0, 0.05) is 11.8 Å². The van der Waals surface area contributed by atoms with Crippen LogP contribution in [0.3, 0.4) is 0 Å². The fraction of sp³-hybridized carbons (Fsp3) is 0.0667. The van der Waals surface area contributed by atoms with Gasteiger partial charge in [0.25, 0.3) is 5.69 Å². The summed E-state index contributed by atoms with van der Waals surface area (Å²) >= 11 is 0. The Bertz CT molecular complexity index is 1090. The molecule has 0 fully saturated rings. The van der Waals surface area contributed by atoms with Crippen molar-refractivity contribution in [1.82, 2.24) is 25.0 Å². The minimum atomic E-state index is -0.414. The van der Waals surface area contributed by atoms with E-state index in [1.807, 2.05) is 24.3 Å². The van der Waals surface area contributed by atoms with Crippen LogP contribution >= 0.6 is 0 Å². The molecule has 1 N–H and O–H groups in total. The highest BCUT2D eigenvalue weighted by atomic mass is 16.6. The molecule has 9 heteroatoms. The van der Waals surface area contributed by atoms with Gasteiger partial charge < -0.3 is 5.32 Å². The number of aromatic nitrogens is 5. The molecule has 0 radical (unpaired) electrons. The van der Waals surface area contributed by atoms with Crippen LogP contribution in [0.4, 0.5) is 17.2 Å². The number of nitro benzene ring substituents is 1. The van der Waals surface area contributed by atoms with Crippen LogP contribution in [0.1, 0.15) is 5.56 Å². The third-order valence-corrected chi connectivity index (χ3v) is 3.78. The summed E-state index contributed by atoms with van der Waals surface area (Å²) in [5.74, 6) is 0.433. The number of nitro groups is 1. The fourth-order valence-electron chi connectivity index (χ4n) is 2.57. The lowest BCUT2D eigenvalue weighted by Gasteiger charge is -2.10. The number of hydrogen-bond acceptors (Lipinski definition) is 7. The first-order valence-electron chi connectivity index (χ1n) is 7.13. The maximum atomic E-state index is 11.1. The van der Waals surface area contributed by atoms with Gasteiger partial charge in [0.15, 0.2) is 5.82 Å². The zero-order valence-corrected chi connectivity index (χ0v) is 12.5. The molecule has 0 saturated heterocycles. The maximum Gasteiger partial charge on any atom is 0.274 e. The zero-order valence-electron chi connectivity index (χ0n) is 12.5. The maximum absolute atomic E-state index is 11.1. The van der Waals surface area contributed by atoms with Crippen LogP contribution in [0.2, 0.25) is 0 Å². The van der Waals surface area contributed by atoms with Gasteiger partial charge in [-0.2, -0.15) is 4.52 Å². The normalized spacial score (nSPS) is 11.0. The molecule has 0 aliphatic carbocycles. The van der Waals surface area contributed by atoms with Crippen molar-refractivity contribution in [1.29, 1.82) is 0 Å². The van der Waals surface area contributed by atoms with E-state index in [1.54, 1.807) is 23.6 Å². The third-order valence-electron chi connectivity index (χ3n) is 3.78. The molecular weight excluding hydrogens is 310 g/mol. The number of anilines is 2. The fourth-order valence-corrected chi connectivity index (χ4v) is 2.57. The van der Waals surface area contributed by atoms with Gasteiger partial charge in [-0.15, -0.1) is 5.10 Å². The Morgan fingerprint density at radius 3 is 2.83 bits per heavy atom. The second kappa shape index (κ2) is 5.23. The van der Waals surface area contributed by atoms with Gasteiger partial charge in [-0.1, -0.05) is 18.2 Å². The van der Waals surface area contributed by atoms with Gasteiger partial charge in [-0.25, -0.2) is 4.98 Å². The molecule has 118 valence electrons. The molecule has 24 heavy (non-hydrogen) atoms. The van der Waals surface area contributed by atoms with Crippen LogP contribution in [0.5, 0.6) is 0 Å². The highest BCUT2D eigenvalue weighted by Gasteiger charge is 2.16. The molecule has 0 unspecified atom stereocenters. The molecule has 0 amide bonds. The Balaban J connectivity index is 1.89. The van der Waals surface area contributed by atoms with Crippen LogP contribution in [0.15, 0.2) is 42.5 Å². The van der Waals surface area contributed by atoms with Gasteiger partial charge in [0.05, 0.1) is 21.5 Å². The first-order chi connectivity index (χ1) is 11.6. The molecule has 0 spiro atoms. The van der Waals surface area contributed by atoms with Crippen molar-refractivity contribution in [2.24, 2.45) is 0 Å². The number of nitrogens with one attached hydrogen (secondary N) is 1. The quantitative estimate of drug-likeness (QED) is 0.456. The first-order valence-corrected chi connectivity index (χ1v) is 7.13. The van der Waals surface area contributed by atoms with Crippen LogP contribution in [-0.4, -0.2) is 29.9 Å². The summed E-state index contributed by atoms with van der Waals surface area (Å²) in [6, 6.07) is 12.3. The molecule has 0 bridgehead atoms. The van der Waals surface area contributed by atoms with Crippen molar-refractivity contribution in [2.75, 3.05) is 5.32 Å². The molecule has 9 nitrogen and oxygen atoms in total. The van der Waals surface area contributed by atoms with Gasteiger partial charge in [-0.05, 0) is 35.5 Å². The molecule has 4 rings (SSSR count). The predicted molar refractivity (Wildman–Crippen MR) is 87.2 cm³/mol. The minimum Gasteiger partial charge on any atom is -0.337 e. The van der Waals surface area contributed by atoms with Crippen LogP contribution < -0.4 is 5.32 Å². The summed E-state index contributed by atoms with van der Waals surface area (Å²) < 4.78 is 1.58. The first kappa shape index (κ1) is 14.0. The lowest BCUT2D eigenvalue weighted by atomic mass is 10.1. The standard InChI is InChI=1S/C15H11N7O2/c1-9-10(6-4-8-12(9)22(23)24)16-14-15-18-19-20-21(15)13-7-3-2-5-11(13)17-14/h2-8H,1H3,(H,16,17). The smallest absolute Gasteiger partial charge is 0.274 e. The number of para-hydroxylation sites is 2. The highest BCUT2D eigenvalue weighted by molar-refractivity contribution is 5.84. The second-order valence-electron chi connectivity index (χ2n) is 5.20. The summed E-state index contributed by atoms with van der Waals surface area (Å²) in [6.07, 6.45) is 0. The summed E-state index contributed by atoms with van der Waals surface area (Å²) in [5.41, 5.74) is 3.07. The Morgan fingerprint density at radius 2 is 2.00 bits per heavy atom. The highest BCUT2D eigenvalue weighted by Crippen LogP contribution is 2.29. The van der Waals surface area contributed by atoms with Crippen molar-refractivity contribution in [3.05, 3.63) is 58.1 Å². The lowest BCUT2D eigenvalue weighted by Crippen LogP contribution is -2.03. The molecular formula is C15H11N7O2. The average Bonchev–Trinajstić information content (AvgIpc) is 3.07. The van der Waals surface area contributed by atoms with Crippen molar-refractivity contribution in [2.45, 2.75) is 6.92 Å². The number of hydrogen-bond donors (Lipinski definition) is 1. The Morgan fingerprint density at radius 1 is 1.17 bits per heavy atom. The summed E-state index contributed by atoms with van der Waals surface area (Å²) in [4.78, 5) is 15.2. The SMILES string of the molecule is Cc1c(Nc2nc3ccccc3n3nnnc23)cccc1[N+](=O)[O-]. The van der Waals surface area contributed by atoms with E-state index in [-0.39, 0.29) is 5.69 Å². The monoisotopic (exact) mass is 321 g/mol.